The minimum absolute atomic E-state index is 0.258. The Bertz CT molecular complexity index is 931. The largest absolute Gasteiger partial charge is 0.350 e. The highest BCUT2D eigenvalue weighted by molar-refractivity contribution is 6.30. The number of halogens is 1. The smallest absolute Gasteiger partial charge is 0.227 e. The number of imidazole rings is 1. The van der Waals surface area contributed by atoms with Crippen LogP contribution in [-0.2, 0) is 0 Å². The molecule has 1 atom stereocenters. The molecule has 1 unspecified atom stereocenters. The Morgan fingerprint density at radius 1 is 1.30 bits per heavy atom. The fraction of sp³-hybridized carbons (Fsp3) is 0.421. The summed E-state index contributed by atoms with van der Waals surface area (Å²) in [7, 11) is 0. The van der Waals surface area contributed by atoms with E-state index in [9.17, 15) is 0 Å². The van der Waals surface area contributed by atoms with Gasteiger partial charge in [-0.2, -0.15) is 9.97 Å². The summed E-state index contributed by atoms with van der Waals surface area (Å²) >= 11 is 6.12. The third kappa shape index (κ3) is 3.99. The summed E-state index contributed by atoms with van der Waals surface area (Å²) in [4.78, 5) is 14.0. The lowest BCUT2D eigenvalue weighted by atomic mass is 10.1. The molecule has 8 heteroatoms. The zero-order valence-electron chi connectivity index (χ0n) is 15.5. The van der Waals surface area contributed by atoms with Gasteiger partial charge >= 0.3 is 0 Å². The number of nitrogens with one attached hydrogen (secondary N) is 3. The van der Waals surface area contributed by atoms with Gasteiger partial charge in [0.2, 0.25) is 5.95 Å². The number of anilines is 3. The maximum absolute atomic E-state index is 6.12. The van der Waals surface area contributed by atoms with Crippen molar-refractivity contribution in [1.29, 1.82) is 0 Å². The van der Waals surface area contributed by atoms with Gasteiger partial charge in [0.1, 0.15) is 0 Å². The number of nitrogens with zero attached hydrogens (tertiary/aromatic N) is 4. The van der Waals surface area contributed by atoms with Crippen LogP contribution in [0.3, 0.4) is 0 Å². The van der Waals surface area contributed by atoms with Crippen molar-refractivity contribution >= 4 is 40.2 Å². The molecule has 3 N–H and O–H groups in total. The number of rotatable bonds is 5. The molecule has 3 aromatic rings. The van der Waals surface area contributed by atoms with E-state index in [0.29, 0.717) is 22.8 Å². The second-order valence-corrected chi connectivity index (χ2v) is 7.57. The van der Waals surface area contributed by atoms with Crippen molar-refractivity contribution in [2.45, 2.75) is 38.8 Å². The zero-order chi connectivity index (χ0) is 18.8. The summed E-state index contributed by atoms with van der Waals surface area (Å²) in [5, 5.41) is 10.9. The highest BCUT2D eigenvalue weighted by Crippen LogP contribution is 2.27. The SMILES string of the molecule is CC(C)n1cnc2c(Nc3cccc(Cl)c3)nc(NC3CCCNC3)nc21. The van der Waals surface area contributed by atoms with E-state index in [1.807, 2.05) is 30.6 Å². The second-order valence-electron chi connectivity index (χ2n) is 7.14. The molecule has 0 radical (unpaired) electrons. The molecule has 3 heterocycles. The number of benzene rings is 1. The normalized spacial score (nSPS) is 17.4. The summed E-state index contributed by atoms with van der Waals surface area (Å²) in [6.07, 6.45) is 4.07. The van der Waals surface area contributed by atoms with Crippen LogP contribution in [0.5, 0.6) is 0 Å². The van der Waals surface area contributed by atoms with Crippen LogP contribution < -0.4 is 16.0 Å². The molecule has 1 fully saturated rings. The van der Waals surface area contributed by atoms with E-state index in [0.717, 1.165) is 42.8 Å². The molecular weight excluding hydrogens is 362 g/mol. The molecule has 2 aromatic heterocycles. The van der Waals surface area contributed by atoms with Gasteiger partial charge in [-0.05, 0) is 51.4 Å². The van der Waals surface area contributed by atoms with E-state index < -0.39 is 0 Å². The van der Waals surface area contributed by atoms with Crippen LogP contribution in [0.25, 0.3) is 11.2 Å². The Kier molecular flexibility index (Phi) is 5.13. The van der Waals surface area contributed by atoms with Crippen LogP contribution in [0.1, 0.15) is 32.7 Å². The van der Waals surface area contributed by atoms with E-state index in [1.165, 1.54) is 0 Å². The second kappa shape index (κ2) is 7.70. The zero-order valence-corrected chi connectivity index (χ0v) is 16.3. The Labute approximate surface area is 163 Å². The predicted octanol–water partition coefficient (Wildman–Crippen LogP) is 3.97. The topological polar surface area (TPSA) is 79.7 Å². The molecule has 1 saturated heterocycles. The summed E-state index contributed by atoms with van der Waals surface area (Å²) in [6.45, 7) is 6.22. The third-order valence-electron chi connectivity index (χ3n) is 4.70. The fourth-order valence-corrected chi connectivity index (χ4v) is 3.50. The van der Waals surface area contributed by atoms with Crippen LogP contribution in [0.2, 0.25) is 5.02 Å². The van der Waals surface area contributed by atoms with Gasteiger partial charge in [-0.3, -0.25) is 0 Å². The lowest BCUT2D eigenvalue weighted by Gasteiger charge is -2.24. The fourth-order valence-electron chi connectivity index (χ4n) is 3.31. The van der Waals surface area contributed by atoms with Gasteiger partial charge in [0.05, 0.1) is 6.33 Å². The van der Waals surface area contributed by atoms with Crippen molar-refractivity contribution in [3.63, 3.8) is 0 Å². The van der Waals surface area contributed by atoms with Crippen LogP contribution >= 0.6 is 11.6 Å². The molecule has 1 aliphatic rings. The average molecular weight is 386 g/mol. The maximum atomic E-state index is 6.12. The van der Waals surface area contributed by atoms with Gasteiger partial charge in [-0.15, -0.1) is 0 Å². The first-order valence-corrected chi connectivity index (χ1v) is 9.72. The van der Waals surface area contributed by atoms with Crippen LogP contribution in [0.15, 0.2) is 30.6 Å². The highest BCUT2D eigenvalue weighted by Gasteiger charge is 2.18. The minimum atomic E-state index is 0.258. The van der Waals surface area contributed by atoms with Crippen LogP contribution in [0, 0.1) is 0 Å². The minimum Gasteiger partial charge on any atom is -0.350 e. The van der Waals surface area contributed by atoms with Gasteiger partial charge in [-0.25, -0.2) is 4.98 Å². The maximum Gasteiger partial charge on any atom is 0.227 e. The quantitative estimate of drug-likeness (QED) is 0.616. The van der Waals surface area contributed by atoms with E-state index in [-0.39, 0.29) is 6.04 Å². The Balaban J connectivity index is 1.73. The van der Waals surface area contributed by atoms with Crippen LogP contribution in [0.4, 0.5) is 17.5 Å². The number of fused-ring (bicyclic) bond motifs is 1. The first-order chi connectivity index (χ1) is 13.1. The van der Waals surface area contributed by atoms with Gasteiger partial charge in [0, 0.05) is 29.3 Å². The summed E-state index contributed by atoms with van der Waals surface area (Å²) in [6, 6.07) is 8.16. The summed E-state index contributed by atoms with van der Waals surface area (Å²) in [5.41, 5.74) is 2.43. The van der Waals surface area contributed by atoms with Crippen molar-refractivity contribution in [3.05, 3.63) is 35.6 Å². The Hall–Kier alpha value is -2.38. The number of hydrogen-bond acceptors (Lipinski definition) is 6. The monoisotopic (exact) mass is 385 g/mol. The summed E-state index contributed by atoms with van der Waals surface area (Å²) < 4.78 is 2.06. The average Bonchev–Trinajstić information content (AvgIpc) is 3.07. The lowest BCUT2D eigenvalue weighted by Crippen LogP contribution is -2.38. The van der Waals surface area contributed by atoms with Crippen molar-refractivity contribution < 1.29 is 0 Å². The number of hydrogen-bond donors (Lipinski definition) is 3. The Morgan fingerprint density at radius 2 is 2.19 bits per heavy atom. The molecule has 7 nitrogen and oxygen atoms in total. The molecule has 0 amide bonds. The molecule has 27 heavy (non-hydrogen) atoms. The highest BCUT2D eigenvalue weighted by atomic mass is 35.5. The van der Waals surface area contributed by atoms with Gasteiger partial charge in [0.25, 0.3) is 0 Å². The van der Waals surface area contributed by atoms with E-state index in [4.69, 9.17) is 21.6 Å². The lowest BCUT2D eigenvalue weighted by molar-refractivity contribution is 0.478. The van der Waals surface area contributed by atoms with Gasteiger partial charge < -0.3 is 20.5 Å². The molecule has 0 aliphatic carbocycles. The molecule has 1 aliphatic heterocycles. The molecule has 1 aromatic carbocycles. The van der Waals surface area contributed by atoms with E-state index in [2.05, 4.69) is 39.3 Å². The van der Waals surface area contributed by atoms with E-state index >= 15 is 0 Å². The van der Waals surface area contributed by atoms with Crippen molar-refractivity contribution in [3.8, 4) is 0 Å². The first kappa shape index (κ1) is 18.0. The summed E-state index contributed by atoms with van der Waals surface area (Å²) in [5.74, 6) is 1.29. The van der Waals surface area contributed by atoms with Crippen molar-refractivity contribution in [2.75, 3.05) is 23.7 Å². The number of piperidine rings is 1. The molecule has 0 saturated carbocycles. The Morgan fingerprint density at radius 3 is 2.93 bits per heavy atom. The van der Waals surface area contributed by atoms with E-state index in [1.54, 1.807) is 0 Å². The van der Waals surface area contributed by atoms with Gasteiger partial charge in [-0.1, -0.05) is 17.7 Å². The molecular formula is C19H24ClN7. The van der Waals surface area contributed by atoms with Crippen molar-refractivity contribution in [1.82, 2.24) is 24.8 Å². The number of aromatic nitrogens is 4. The molecule has 4 rings (SSSR count). The molecule has 0 bridgehead atoms. The van der Waals surface area contributed by atoms with Gasteiger partial charge in [0.15, 0.2) is 17.0 Å². The third-order valence-corrected chi connectivity index (χ3v) is 4.93. The molecule has 0 spiro atoms. The first-order valence-electron chi connectivity index (χ1n) is 9.34. The molecule has 142 valence electrons. The standard InChI is InChI=1S/C19H24ClN7/c1-12(2)27-11-22-16-17(23-14-6-3-5-13(20)9-14)25-19(26-18(16)27)24-15-7-4-8-21-10-15/h3,5-6,9,11-12,15,21H,4,7-8,10H2,1-2H3,(H2,23,24,25,26). The predicted molar refractivity (Wildman–Crippen MR) is 110 cm³/mol. The van der Waals surface area contributed by atoms with Crippen molar-refractivity contribution in [2.24, 2.45) is 0 Å². The van der Waals surface area contributed by atoms with Crippen LogP contribution in [-0.4, -0.2) is 38.7 Å².